The molecular formula is C21H20N2O5. The number of carbonyl (C=O) groups excluding carboxylic acids is 3. The number of esters is 1. The highest BCUT2D eigenvalue weighted by molar-refractivity contribution is 5.99. The Morgan fingerprint density at radius 3 is 2.54 bits per heavy atom. The van der Waals surface area contributed by atoms with Crippen LogP contribution in [0.3, 0.4) is 0 Å². The lowest BCUT2D eigenvalue weighted by atomic mass is 10.1. The normalized spacial score (nSPS) is 11.6. The molecule has 144 valence electrons. The topological polar surface area (TPSA) is 97.6 Å². The van der Waals surface area contributed by atoms with Crippen molar-refractivity contribution in [3.8, 4) is 0 Å². The molecule has 3 rings (SSSR count). The number of amides is 2. The van der Waals surface area contributed by atoms with E-state index < -0.39 is 23.9 Å². The fraction of sp³-hybridized carbons (Fsp3) is 0.190. The van der Waals surface area contributed by atoms with E-state index in [1.165, 1.54) is 13.2 Å². The Bertz CT molecular complexity index is 981. The van der Waals surface area contributed by atoms with Crippen LogP contribution >= 0.6 is 0 Å². The molecule has 2 N–H and O–H groups in total. The number of fused-ring (bicyclic) bond motifs is 1. The van der Waals surface area contributed by atoms with Crippen molar-refractivity contribution >= 4 is 28.6 Å². The van der Waals surface area contributed by atoms with E-state index in [2.05, 4.69) is 10.6 Å². The molecule has 1 atom stereocenters. The Labute approximate surface area is 161 Å². The predicted octanol–water partition coefficient (Wildman–Crippen LogP) is 2.41. The molecule has 1 heterocycles. The number of hydrogen-bond donors (Lipinski definition) is 2. The first-order chi connectivity index (χ1) is 13.5. The number of benzene rings is 2. The van der Waals surface area contributed by atoms with E-state index in [9.17, 15) is 14.4 Å². The van der Waals surface area contributed by atoms with Gasteiger partial charge in [0.2, 0.25) is 0 Å². The lowest BCUT2D eigenvalue weighted by molar-refractivity contribution is -0.153. The molecule has 0 fully saturated rings. The summed E-state index contributed by atoms with van der Waals surface area (Å²) in [6, 6.07) is 16.4. The van der Waals surface area contributed by atoms with Crippen molar-refractivity contribution in [1.29, 1.82) is 0 Å². The Balaban J connectivity index is 1.46. The summed E-state index contributed by atoms with van der Waals surface area (Å²) in [6.45, 7) is 1.33. The molecule has 2 amide bonds. The molecule has 0 aliphatic rings. The molecule has 0 aliphatic carbocycles. The van der Waals surface area contributed by atoms with E-state index in [1.54, 1.807) is 24.3 Å². The van der Waals surface area contributed by atoms with Crippen LogP contribution in [0.2, 0.25) is 0 Å². The standard InChI is InChI=1S/C21H20N2O5/c1-14(20(25)22-12-18-7-4-10-27-18)28-19(24)13-23-21(26)17-9-8-15-5-2-3-6-16(15)11-17/h2-11,14H,12-13H2,1H3,(H,22,25)(H,23,26)/t14-/m1/s1. The third kappa shape index (κ3) is 4.97. The molecule has 28 heavy (non-hydrogen) atoms. The van der Waals surface area contributed by atoms with Gasteiger partial charge >= 0.3 is 5.97 Å². The summed E-state index contributed by atoms with van der Waals surface area (Å²) in [5, 5.41) is 7.05. The van der Waals surface area contributed by atoms with Gasteiger partial charge in [-0.25, -0.2) is 0 Å². The molecule has 7 heteroatoms. The van der Waals surface area contributed by atoms with Crippen LogP contribution in [0.1, 0.15) is 23.0 Å². The first-order valence-corrected chi connectivity index (χ1v) is 8.79. The Morgan fingerprint density at radius 2 is 1.79 bits per heavy atom. The fourth-order valence-electron chi connectivity index (χ4n) is 2.61. The van der Waals surface area contributed by atoms with Gasteiger partial charge in [-0.1, -0.05) is 30.3 Å². The molecule has 2 aromatic carbocycles. The Kier molecular flexibility index (Phi) is 6.06. The van der Waals surface area contributed by atoms with Gasteiger partial charge in [0.1, 0.15) is 12.3 Å². The highest BCUT2D eigenvalue weighted by Gasteiger charge is 2.18. The quantitative estimate of drug-likeness (QED) is 0.614. The first-order valence-electron chi connectivity index (χ1n) is 8.79. The van der Waals surface area contributed by atoms with E-state index in [1.807, 2.05) is 30.3 Å². The zero-order valence-electron chi connectivity index (χ0n) is 15.3. The van der Waals surface area contributed by atoms with Gasteiger partial charge in [-0.2, -0.15) is 0 Å². The van der Waals surface area contributed by atoms with Gasteiger partial charge in [-0.15, -0.1) is 0 Å². The summed E-state index contributed by atoms with van der Waals surface area (Å²) in [7, 11) is 0. The second kappa shape index (κ2) is 8.85. The van der Waals surface area contributed by atoms with Crippen LogP contribution < -0.4 is 10.6 Å². The molecule has 0 aliphatic heterocycles. The van der Waals surface area contributed by atoms with Gasteiger partial charge in [0.15, 0.2) is 6.10 Å². The molecule has 0 spiro atoms. The van der Waals surface area contributed by atoms with Crippen molar-refractivity contribution in [2.45, 2.75) is 19.6 Å². The van der Waals surface area contributed by atoms with Crippen molar-refractivity contribution in [3.05, 3.63) is 72.2 Å². The predicted molar refractivity (Wildman–Crippen MR) is 102 cm³/mol. The molecular weight excluding hydrogens is 360 g/mol. The number of rotatable bonds is 7. The maximum absolute atomic E-state index is 12.2. The molecule has 0 saturated heterocycles. The Hall–Kier alpha value is -3.61. The maximum atomic E-state index is 12.2. The zero-order valence-corrected chi connectivity index (χ0v) is 15.3. The second-order valence-electron chi connectivity index (χ2n) is 6.17. The lowest BCUT2D eigenvalue weighted by Crippen LogP contribution is -2.38. The molecule has 0 bridgehead atoms. The highest BCUT2D eigenvalue weighted by Crippen LogP contribution is 2.15. The van der Waals surface area contributed by atoms with Crippen molar-refractivity contribution < 1.29 is 23.5 Å². The van der Waals surface area contributed by atoms with E-state index in [-0.39, 0.29) is 13.1 Å². The third-order valence-electron chi connectivity index (χ3n) is 4.10. The van der Waals surface area contributed by atoms with Crippen molar-refractivity contribution in [3.63, 3.8) is 0 Å². The summed E-state index contributed by atoms with van der Waals surface area (Å²) >= 11 is 0. The van der Waals surface area contributed by atoms with E-state index >= 15 is 0 Å². The van der Waals surface area contributed by atoms with Gasteiger partial charge < -0.3 is 19.8 Å². The van der Waals surface area contributed by atoms with Crippen molar-refractivity contribution in [2.75, 3.05) is 6.54 Å². The SMILES string of the molecule is C[C@@H](OC(=O)CNC(=O)c1ccc2ccccc2c1)C(=O)NCc1ccco1. The molecule has 7 nitrogen and oxygen atoms in total. The summed E-state index contributed by atoms with van der Waals surface area (Å²) in [4.78, 5) is 36.1. The van der Waals surface area contributed by atoms with Gasteiger partial charge in [0, 0.05) is 5.56 Å². The minimum Gasteiger partial charge on any atom is -0.467 e. The molecule has 0 unspecified atom stereocenters. The van der Waals surface area contributed by atoms with E-state index in [4.69, 9.17) is 9.15 Å². The molecule has 0 saturated carbocycles. The van der Waals surface area contributed by atoms with Crippen LogP contribution in [0.25, 0.3) is 10.8 Å². The van der Waals surface area contributed by atoms with Gasteiger partial charge in [0.05, 0.1) is 12.8 Å². The third-order valence-corrected chi connectivity index (χ3v) is 4.10. The summed E-state index contributed by atoms with van der Waals surface area (Å²) in [6.07, 6.45) is 0.517. The fourth-order valence-corrected chi connectivity index (χ4v) is 2.61. The highest BCUT2D eigenvalue weighted by atomic mass is 16.5. The van der Waals surface area contributed by atoms with Crippen LogP contribution in [0, 0.1) is 0 Å². The van der Waals surface area contributed by atoms with Crippen LogP contribution in [-0.2, 0) is 20.9 Å². The number of ether oxygens (including phenoxy) is 1. The van der Waals surface area contributed by atoms with Gasteiger partial charge in [-0.3, -0.25) is 14.4 Å². The molecule has 0 radical (unpaired) electrons. The lowest BCUT2D eigenvalue weighted by Gasteiger charge is -2.13. The average Bonchev–Trinajstić information content (AvgIpc) is 3.23. The van der Waals surface area contributed by atoms with Crippen LogP contribution in [0.5, 0.6) is 0 Å². The van der Waals surface area contributed by atoms with Crippen LogP contribution in [0.15, 0.2) is 65.3 Å². The smallest absolute Gasteiger partial charge is 0.326 e. The number of carbonyl (C=O) groups is 3. The second-order valence-corrected chi connectivity index (χ2v) is 6.17. The number of nitrogens with one attached hydrogen (secondary N) is 2. The molecule has 1 aromatic heterocycles. The van der Waals surface area contributed by atoms with Crippen molar-refractivity contribution in [2.24, 2.45) is 0 Å². The number of hydrogen-bond acceptors (Lipinski definition) is 5. The molecule has 3 aromatic rings. The summed E-state index contributed by atoms with van der Waals surface area (Å²) in [5.74, 6) is -0.951. The van der Waals surface area contributed by atoms with Gasteiger partial charge in [-0.05, 0) is 42.0 Å². The monoisotopic (exact) mass is 380 g/mol. The summed E-state index contributed by atoms with van der Waals surface area (Å²) < 4.78 is 10.2. The van der Waals surface area contributed by atoms with E-state index in [0.29, 0.717) is 11.3 Å². The zero-order chi connectivity index (χ0) is 19.9. The maximum Gasteiger partial charge on any atom is 0.326 e. The largest absolute Gasteiger partial charge is 0.467 e. The van der Waals surface area contributed by atoms with Crippen molar-refractivity contribution in [1.82, 2.24) is 10.6 Å². The Morgan fingerprint density at radius 1 is 1.00 bits per heavy atom. The minimum absolute atomic E-state index is 0.201. The first kappa shape index (κ1) is 19.2. The minimum atomic E-state index is -0.986. The average molecular weight is 380 g/mol. The number of furan rings is 1. The van der Waals surface area contributed by atoms with E-state index in [0.717, 1.165) is 10.8 Å². The van der Waals surface area contributed by atoms with Crippen LogP contribution in [0.4, 0.5) is 0 Å². The summed E-state index contributed by atoms with van der Waals surface area (Å²) in [5.41, 5.74) is 0.440. The van der Waals surface area contributed by atoms with Gasteiger partial charge in [0.25, 0.3) is 11.8 Å². The van der Waals surface area contributed by atoms with Crippen LogP contribution in [-0.4, -0.2) is 30.4 Å².